The summed E-state index contributed by atoms with van der Waals surface area (Å²) in [5.74, 6) is -0.344. The number of para-hydroxylation sites is 1. The number of aliphatic hydroxyl groups excluding tert-OH is 1. The van der Waals surface area contributed by atoms with Crippen LogP contribution in [0.25, 0.3) is 10.9 Å². The monoisotopic (exact) mass is 260 g/mol. The Balaban J connectivity index is 2.44. The molecular formula is C14H16N2O3. The van der Waals surface area contributed by atoms with Crippen LogP contribution >= 0.6 is 0 Å². The molecule has 0 fully saturated rings. The smallest absolute Gasteiger partial charge is 0.252 e. The van der Waals surface area contributed by atoms with Gasteiger partial charge in [-0.2, -0.15) is 0 Å². The minimum atomic E-state index is -0.344. The number of aromatic amines is 1. The molecule has 0 spiro atoms. The van der Waals surface area contributed by atoms with Crippen LogP contribution < -0.4 is 10.9 Å². The first-order chi connectivity index (χ1) is 9.15. The van der Waals surface area contributed by atoms with Gasteiger partial charge in [0, 0.05) is 17.0 Å². The van der Waals surface area contributed by atoms with Crippen molar-refractivity contribution in [2.45, 2.75) is 19.4 Å². The predicted octanol–water partition coefficient (Wildman–Crippen LogP) is 1.03. The van der Waals surface area contributed by atoms with E-state index in [1.54, 1.807) is 24.3 Å². The average molecular weight is 260 g/mol. The van der Waals surface area contributed by atoms with Gasteiger partial charge < -0.3 is 15.4 Å². The van der Waals surface area contributed by atoms with Crippen LogP contribution in [0.1, 0.15) is 23.7 Å². The molecule has 5 nitrogen and oxygen atoms in total. The molecule has 0 aliphatic heterocycles. The molecule has 5 heteroatoms. The molecule has 0 saturated heterocycles. The van der Waals surface area contributed by atoms with Crippen LogP contribution in [0.3, 0.4) is 0 Å². The van der Waals surface area contributed by atoms with E-state index < -0.39 is 0 Å². The minimum absolute atomic E-state index is 0.122. The minimum Gasteiger partial charge on any atom is -0.394 e. The van der Waals surface area contributed by atoms with Crippen LogP contribution in [-0.4, -0.2) is 28.6 Å². The SMILES string of the molecule is CC[C@H](CO)NC(=O)c1cc(=O)[nH]c2ccccc12. The number of hydrogen-bond acceptors (Lipinski definition) is 3. The molecule has 3 N–H and O–H groups in total. The first-order valence-electron chi connectivity index (χ1n) is 6.19. The molecule has 1 atom stereocenters. The first kappa shape index (κ1) is 13.3. The molecule has 19 heavy (non-hydrogen) atoms. The van der Waals surface area contributed by atoms with E-state index in [1.807, 2.05) is 6.92 Å². The van der Waals surface area contributed by atoms with Gasteiger partial charge in [0.1, 0.15) is 0 Å². The van der Waals surface area contributed by atoms with Gasteiger partial charge in [0.15, 0.2) is 0 Å². The van der Waals surface area contributed by atoms with Crippen molar-refractivity contribution in [2.75, 3.05) is 6.61 Å². The third-order valence-electron chi connectivity index (χ3n) is 3.04. The summed E-state index contributed by atoms with van der Waals surface area (Å²) in [6.45, 7) is 1.75. The molecule has 0 saturated carbocycles. The molecule has 1 aromatic heterocycles. The number of H-pyrrole nitrogens is 1. The fraction of sp³-hybridized carbons (Fsp3) is 0.286. The molecule has 2 aromatic rings. The Kier molecular flexibility index (Phi) is 3.97. The Hall–Kier alpha value is -2.14. The summed E-state index contributed by atoms with van der Waals surface area (Å²) in [5.41, 5.74) is 0.629. The van der Waals surface area contributed by atoms with E-state index in [1.165, 1.54) is 6.07 Å². The number of nitrogens with one attached hydrogen (secondary N) is 2. The second kappa shape index (κ2) is 5.67. The largest absolute Gasteiger partial charge is 0.394 e. The molecule has 0 unspecified atom stereocenters. The number of benzene rings is 1. The van der Waals surface area contributed by atoms with Crippen molar-refractivity contribution in [3.63, 3.8) is 0 Å². The van der Waals surface area contributed by atoms with Gasteiger partial charge in [0.25, 0.3) is 5.91 Å². The Morgan fingerprint density at radius 2 is 2.16 bits per heavy atom. The maximum Gasteiger partial charge on any atom is 0.252 e. The molecule has 1 amide bonds. The molecular weight excluding hydrogens is 244 g/mol. The van der Waals surface area contributed by atoms with Crippen molar-refractivity contribution in [1.82, 2.24) is 10.3 Å². The molecule has 0 aliphatic carbocycles. The topological polar surface area (TPSA) is 82.2 Å². The van der Waals surface area contributed by atoms with Crippen LogP contribution in [0.2, 0.25) is 0 Å². The van der Waals surface area contributed by atoms with Crippen molar-refractivity contribution in [3.8, 4) is 0 Å². The summed E-state index contributed by atoms with van der Waals surface area (Å²) in [4.78, 5) is 26.4. The lowest BCUT2D eigenvalue weighted by Crippen LogP contribution is -2.37. The van der Waals surface area contributed by atoms with E-state index in [2.05, 4.69) is 10.3 Å². The van der Waals surface area contributed by atoms with Crippen molar-refractivity contribution in [3.05, 3.63) is 46.2 Å². The molecule has 1 heterocycles. The third-order valence-corrected chi connectivity index (χ3v) is 3.04. The lowest BCUT2D eigenvalue weighted by molar-refractivity contribution is 0.0916. The van der Waals surface area contributed by atoms with Crippen molar-refractivity contribution in [2.24, 2.45) is 0 Å². The number of aliphatic hydroxyl groups is 1. The van der Waals surface area contributed by atoms with Gasteiger partial charge in [0.2, 0.25) is 5.56 Å². The lowest BCUT2D eigenvalue weighted by atomic mass is 10.1. The van der Waals surface area contributed by atoms with Gasteiger partial charge >= 0.3 is 0 Å². The summed E-state index contributed by atoms with van der Waals surface area (Å²) in [5, 5.41) is 12.5. The van der Waals surface area contributed by atoms with Crippen LogP contribution in [-0.2, 0) is 0 Å². The van der Waals surface area contributed by atoms with E-state index >= 15 is 0 Å². The summed E-state index contributed by atoms with van der Waals surface area (Å²) >= 11 is 0. The average Bonchev–Trinajstić information content (AvgIpc) is 2.43. The maximum absolute atomic E-state index is 12.2. The fourth-order valence-corrected chi connectivity index (χ4v) is 1.93. The Morgan fingerprint density at radius 1 is 1.42 bits per heavy atom. The zero-order chi connectivity index (χ0) is 13.8. The number of aromatic nitrogens is 1. The van der Waals surface area contributed by atoms with Gasteiger partial charge in [0.05, 0.1) is 18.2 Å². The molecule has 0 bridgehead atoms. The number of rotatable bonds is 4. The molecule has 1 aromatic carbocycles. The van der Waals surface area contributed by atoms with Gasteiger partial charge in [-0.15, -0.1) is 0 Å². The van der Waals surface area contributed by atoms with Crippen molar-refractivity contribution in [1.29, 1.82) is 0 Å². The first-order valence-corrected chi connectivity index (χ1v) is 6.19. The quantitative estimate of drug-likeness (QED) is 0.768. The number of hydrogen-bond donors (Lipinski definition) is 3. The zero-order valence-corrected chi connectivity index (χ0v) is 10.6. The number of pyridine rings is 1. The van der Waals surface area contributed by atoms with Crippen LogP contribution in [0.4, 0.5) is 0 Å². The highest BCUT2D eigenvalue weighted by Gasteiger charge is 2.14. The van der Waals surface area contributed by atoms with E-state index in [0.29, 0.717) is 22.9 Å². The van der Waals surface area contributed by atoms with Crippen LogP contribution in [0.15, 0.2) is 35.1 Å². The standard InChI is InChI=1S/C14H16N2O3/c1-2-9(8-17)15-14(19)11-7-13(18)16-12-6-4-3-5-10(11)12/h3-7,9,17H,2,8H2,1H3,(H,15,19)(H,16,18)/t9-/m1/s1. The second-order valence-electron chi connectivity index (χ2n) is 4.35. The molecule has 0 radical (unpaired) electrons. The van der Waals surface area contributed by atoms with Gasteiger partial charge in [-0.25, -0.2) is 0 Å². The van der Waals surface area contributed by atoms with Gasteiger partial charge in [-0.05, 0) is 12.5 Å². The summed E-state index contributed by atoms with van der Waals surface area (Å²) in [7, 11) is 0. The Labute approximate surface area is 110 Å². The highest BCUT2D eigenvalue weighted by Crippen LogP contribution is 2.14. The number of amides is 1. The van der Waals surface area contributed by atoms with E-state index in [-0.39, 0.29) is 24.1 Å². The molecule has 100 valence electrons. The second-order valence-corrected chi connectivity index (χ2v) is 4.35. The third kappa shape index (κ3) is 2.82. The van der Waals surface area contributed by atoms with Crippen molar-refractivity contribution < 1.29 is 9.90 Å². The summed E-state index contributed by atoms with van der Waals surface area (Å²) < 4.78 is 0. The highest BCUT2D eigenvalue weighted by molar-refractivity contribution is 6.06. The zero-order valence-electron chi connectivity index (χ0n) is 10.6. The Bertz CT molecular complexity index is 644. The van der Waals surface area contributed by atoms with E-state index in [0.717, 1.165) is 0 Å². The summed E-state index contributed by atoms with van der Waals surface area (Å²) in [6.07, 6.45) is 0.628. The van der Waals surface area contributed by atoms with Crippen LogP contribution in [0.5, 0.6) is 0 Å². The lowest BCUT2D eigenvalue weighted by Gasteiger charge is -2.14. The normalized spacial score (nSPS) is 12.3. The predicted molar refractivity (Wildman–Crippen MR) is 73.2 cm³/mol. The Morgan fingerprint density at radius 3 is 2.84 bits per heavy atom. The van der Waals surface area contributed by atoms with Gasteiger partial charge in [-0.3, -0.25) is 9.59 Å². The van der Waals surface area contributed by atoms with Crippen molar-refractivity contribution >= 4 is 16.8 Å². The van der Waals surface area contributed by atoms with E-state index in [4.69, 9.17) is 5.11 Å². The maximum atomic E-state index is 12.2. The number of fused-ring (bicyclic) bond motifs is 1. The molecule has 2 rings (SSSR count). The fourth-order valence-electron chi connectivity index (χ4n) is 1.93. The van der Waals surface area contributed by atoms with Gasteiger partial charge in [-0.1, -0.05) is 25.1 Å². The number of carbonyl (C=O) groups excluding carboxylic acids is 1. The highest BCUT2D eigenvalue weighted by atomic mass is 16.3. The molecule has 0 aliphatic rings. The summed E-state index contributed by atoms with van der Waals surface area (Å²) in [6, 6.07) is 8.10. The number of carbonyl (C=O) groups is 1. The van der Waals surface area contributed by atoms with E-state index in [9.17, 15) is 9.59 Å². The van der Waals surface area contributed by atoms with Crippen LogP contribution in [0, 0.1) is 0 Å².